The summed E-state index contributed by atoms with van der Waals surface area (Å²) in [7, 11) is -7.33. The molecule has 0 saturated carbocycles. The zero-order valence-electron chi connectivity index (χ0n) is 20.3. The molecule has 1 aliphatic rings. The first-order chi connectivity index (χ1) is 17.9. The fourth-order valence-electron chi connectivity index (χ4n) is 4.02. The van der Waals surface area contributed by atoms with E-state index >= 15 is 0 Å². The molecule has 1 aliphatic heterocycles. The first-order valence-electron chi connectivity index (χ1n) is 11.4. The number of fused-ring (bicyclic) bond motifs is 1. The van der Waals surface area contributed by atoms with E-state index in [1.165, 1.54) is 4.31 Å². The van der Waals surface area contributed by atoms with Gasteiger partial charge in [0.25, 0.3) is 26.0 Å². The van der Waals surface area contributed by atoms with Gasteiger partial charge in [0.2, 0.25) is 0 Å². The van der Waals surface area contributed by atoms with Crippen LogP contribution in [-0.4, -0.2) is 78.9 Å². The van der Waals surface area contributed by atoms with E-state index in [-0.39, 0.29) is 24.0 Å². The number of amides is 1. The predicted molar refractivity (Wildman–Crippen MR) is 148 cm³/mol. The summed E-state index contributed by atoms with van der Waals surface area (Å²) < 4.78 is 54.5. The van der Waals surface area contributed by atoms with E-state index in [4.69, 9.17) is 4.55 Å². The first-order valence-corrected chi connectivity index (χ1v) is 15.5. The minimum atomic E-state index is -3.67. The number of rotatable bonds is 4. The standard InChI is InChI=1S/C24H21BrN4O3S.CH4O3S/c25-21-5-6-22-20(15-21)16-23(27-22)33(31,32)29-13-11-28(12-14-29)24(30)19-3-1-17(2-4-19)18-7-9-26-10-8-18;1-5(2,3)4/h1-10,15-16,27H,11-14H2;1H3,(H,2,3,4). The quantitative estimate of drug-likeness (QED) is 0.332. The number of aromatic nitrogens is 2. The number of H-pyrrole nitrogens is 1. The lowest BCUT2D eigenvalue weighted by atomic mass is 10.0. The van der Waals surface area contributed by atoms with Crippen LogP contribution in [0.1, 0.15) is 10.4 Å². The number of carbonyl (C=O) groups is 1. The highest BCUT2D eigenvalue weighted by molar-refractivity contribution is 9.10. The van der Waals surface area contributed by atoms with Gasteiger partial charge in [-0.3, -0.25) is 14.3 Å². The molecule has 10 nitrogen and oxygen atoms in total. The highest BCUT2D eigenvalue weighted by atomic mass is 79.9. The number of piperazine rings is 1. The highest BCUT2D eigenvalue weighted by Crippen LogP contribution is 2.25. The van der Waals surface area contributed by atoms with E-state index in [1.54, 1.807) is 23.4 Å². The van der Waals surface area contributed by atoms with Gasteiger partial charge in [-0.2, -0.15) is 12.7 Å². The Hall–Kier alpha value is -3.10. The molecule has 0 radical (unpaired) electrons. The number of halogens is 1. The number of nitrogens with one attached hydrogen (secondary N) is 1. The van der Waals surface area contributed by atoms with Crippen LogP contribution in [0.5, 0.6) is 0 Å². The average molecular weight is 622 g/mol. The number of hydrogen-bond acceptors (Lipinski definition) is 6. The molecule has 38 heavy (non-hydrogen) atoms. The van der Waals surface area contributed by atoms with Crippen molar-refractivity contribution in [2.24, 2.45) is 0 Å². The Morgan fingerprint density at radius 3 is 2.08 bits per heavy atom. The van der Waals surface area contributed by atoms with Gasteiger partial charge in [0, 0.05) is 59.5 Å². The molecule has 2 aromatic heterocycles. The van der Waals surface area contributed by atoms with Crippen molar-refractivity contribution in [3.05, 3.63) is 83.1 Å². The molecule has 5 rings (SSSR count). The average Bonchev–Trinajstić information content (AvgIpc) is 3.32. The number of sulfonamides is 1. The van der Waals surface area contributed by atoms with Crippen molar-refractivity contribution in [2.75, 3.05) is 32.4 Å². The molecule has 4 aromatic rings. The topological polar surface area (TPSA) is 141 Å². The van der Waals surface area contributed by atoms with Crippen LogP contribution in [0, 0.1) is 0 Å². The van der Waals surface area contributed by atoms with Crippen molar-refractivity contribution in [3.8, 4) is 11.1 Å². The summed E-state index contributed by atoms with van der Waals surface area (Å²) in [6.07, 6.45) is 4.18. The van der Waals surface area contributed by atoms with E-state index in [2.05, 4.69) is 25.9 Å². The lowest BCUT2D eigenvalue weighted by Gasteiger charge is -2.33. The van der Waals surface area contributed by atoms with Gasteiger partial charge >= 0.3 is 0 Å². The second-order valence-corrected chi connectivity index (χ2v) is 12.9. The molecule has 2 N–H and O–H groups in total. The zero-order chi connectivity index (χ0) is 27.5. The Bertz CT molecular complexity index is 1640. The SMILES string of the molecule is CS(=O)(=O)O.O=C(c1ccc(-c2ccncc2)cc1)N1CCN(S(=O)(=O)c2cc3cc(Br)ccc3[nH]2)CC1. The number of hydrogen-bond donors (Lipinski definition) is 2. The van der Waals surface area contributed by atoms with E-state index in [9.17, 15) is 21.6 Å². The number of benzene rings is 2. The number of carbonyl (C=O) groups excluding carboxylic acids is 1. The first kappa shape index (κ1) is 27.9. The van der Waals surface area contributed by atoms with Gasteiger partial charge < -0.3 is 9.88 Å². The fourth-order valence-corrected chi connectivity index (χ4v) is 5.83. The van der Waals surface area contributed by atoms with Gasteiger partial charge in [-0.1, -0.05) is 28.1 Å². The second kappa shape index (κ2) is 11.3. The summed E-state index contributed by atoms with van der Waals surface area (Å²) in [5, 5.41) is 0.994. The van der Waals surface area contributed by atoms with Gasteiger partial charge in [0.05, 0.1) is 6.26 Å². The second-order valence-electron chi connectivity index (χ2n) is 8.61. The summed E-state index contributed by atoms with van der Waals surface area (Å²) in [5.74, 6) is -0.0937. The summed E-state index contributed by atoms with van der Waals surface area (Å²) in [5.41, 5.74) is 3.40. The lowest BCUT2D eigenvalue weighted by molar-refractivity contribution is 0.0698. The third kappa shape index (κ3) is 6.85. The van der Waals surface area contributed by atoms with Crippen molar-refractivity contribution in [3.63, 3.8) is 0 Å². The Morgan fingerprint density at radius 2 is 1.47 bits per heavy atom. The maximum absolute atomic E-state index is 13.1. The van der Waals surface area contributed by atoms with Crippen LogP contribution in [-0.2, 0) is 20.1 Å². The van der Waals surface area contributed by atoms with Crippen LogP contribution in [0.2, 0.25) is 0 Å². The zero-order valence-corrected chi connectivity index (χ0v) is 23.5. The molecule has 1 saturated heterocycles. The Balaban J connectivity index is 0.000000617. The summed E-state index contributed by atoms with van der Waals surface area (Å²) >= 11 is 3.41. The molecule has 3 heterocycles. The van der Waals surface area contributed by atoms with Crippen LogP contribution in [0.15, 0.2) is 82.6 Å². The Morgan fingerprint density at radius 1 is 0.895 bits per heavy atom. The van der Waals surface area contributed by atoms with Crippen molar-refractivity contribution in [1.82, 2.24) is 19.2 Å². The molecule has 200 valence electrons. The van der Waals surface area contributed by atoms with Crippen molar-refractivity contribution < 1.29 is 26.2 Å². The molecule has 13 heteroatoms. The highest BCUT2D eigenvalue weighted by Gasteiger charge is 2.31. The molecule has 0 spiro atoms. The summed E-state index contributed by atoms with van der Waals surface area (Å²) in [6, 6.07) is 18.5. The number of aromatic amines is 1. The molecule has 0 atom stereocenters. The molecule has 0 bridgehead atoms. The van der Waals surface area contributed by atoms with E-state index < -0.39 is 20.1 Å². The normalized spacial score (nSPS) is 14.7. The summed E-state index contributed by atoms with van der Waals surface area (Å²) in [6.45, 7) is 1.19. The van der Waals surface area contributed by atoms with Gasteiger partial charge in [-0.15, -0.1) is 0 Å². The third-order valence-corrected chi connectivity index (χ3v) is 8.16. The van der Waals surface area contributed by atoms with Crippen LogP contribution in [0.3, 0.4) is 0 Å². The monoisotopic (exact) mass is 620 g/mol. The van der Waals surface area contributed by atoms with Crippen molar-refractivity contribution in [2.45, 2.75) is 5.03 Å². The van der Waals surface area contributed by atoms with E-state index in [1.807, 2.05) is 54.6 Å². The number of nitrogens with zero attached hydrogens (tertiary/aromatic N) is 3. The van der Waals surface area contributed by atoms with Crippen LogP contribution in [0.4, 0.5) is 0 Å². The molecule has 2 aromatic carbocycles. The predicted octanol–water partition coefficient (Wildman–Crippen LogP) is 3.64. The van der Waals surface area contributed by atoms with Crippen LogP contribution >= 0.6 is 15.9 Å². The fraction of sp³-hybridized carbons (Fsp3) is 0.200. The van der Waals surface area contributed by atoms with Crippen molar-refractivity contribution >= 4 is 52.9 Å². The third-order valence-electron chi connectivity index (χ3n) is 5.85. The molecular weight excluding hydrogens is 596 g/mol. The minimum Gasteiger partial charge on any atom is -0.345 e. The number of pyridine rings is 1. The maximum Gasteiger partial charge on any atom is 0.261 e. The Kier molecular flexibility index (Phi) is 8.33. The molecular formula is C25H25BrN4O6S2. The molecule has 0 unspecified atom stereocenters. The van der Waals surface area contributed by atoms with Gasteiger partial charge in [-0.05, 0) is 59.7 Å². The van der Waals surface area contributed by atoms with Crippen molar-refractivity contribution in [1.29, 1.82) is 0 Å². The van der Waals surface area contributed by atoms with E-state index in [0.29, 0.717) is 24.9 Å². The summed E-state index contributed by atoms with van der Waals surface area (Å²) in [4.78, 5) is 21.7. The van der Waals surface area contributed by atoms with Gasteiger partial charge in [0.15, 0.2) is 0 Å². The maximum atomic E-state index is 13.1. The van der Waals surface area contributed by atoms with E-state index in [0.717, 1.165) is 26.5 Å². The Labute approximate surface area is 229 Å². The molecule has 0 aliphatic carbocycles. The smallest absolute Gasteiger partial charge is 0.261 e. The van der Waals surface area contributed by atoms with Crippen LogP contribution < -0.4 is 0 Å². The minimum absolute atomic E-state index is 0.0937. The lowest BCUT2D eigenvalue weighted by Crippen LogP contribution is -2.50. The largest absolute Gasteiger partial charge is 0.345 e. The van der Waals surface area contributed by atoms with Gasteiger partial charge in [0.1, 0.15) is 5.03 Å². The molecule has 1 fully saturated rings. The van der Waals surface area contributed by atoms with Gasteiger partial charge in [-0.25, -0.2) is 8.42 Å². The van der Waals surface area contributed by atoms with Crippen LogP contribution in [0.25, 0.3) is 22.0 Å². The molecule has 1 amide bonds.